The Morgan fingerprint density at radius 3 is 2.38 bits per heavy atom. The highest BCUT2D eigenvalue weighted by atomic mass is 16.4. The molecule has 13 heavy (non-hydrogen) atoms. The van der Waals surface area contributed by atoms with Gasteiger partial charge in [-0.3, -0.25) is 9.59 Å². The van der Waals surface area contributed by atoms with Crippen LogP contribution in [0.2, 0.25) is 0 Å². The zero-order valence-corrected chi connectivity index (χ0v) is 6.93. The van der Waals surface area contributed by atoms with Gasteiger partial charge in [0, 0.05) is 0 Å². The largest absolute Gasteiger partial charge is 0.481 e. The smallest absolute Gasteiger partial charge is 0.320 e. The normalized spacial score (nSPS) is 42.8. The third-order valence-corrected chi connectivity index (χ3v) is 3.31. The summed E-state index contributed by atoms with van der Waals surface area (Å²) in [5.41, 5.74) is 5.16. The van der Waals surface area contributed by atoms with E-state index < -0.39 is 18.0 Å². The molecule has 0 saturated heterocycles. The first-order valence-corrected chi connectivity index (χ1v) is 4.20. The molecule has 72 valence electrons. The van der Waals surface area contributed by atoms with Crippen LogP contribution in [0.25, 0.3) is 0 Å². The van der Waals surface area contributed by atoms with Crippen LogP contribution in [0.3, 0.4) is 0 Å². The summed E-state index contributed by atoms with van der Waals surface area (Å²) in [5, 5.41) is 17.3. The molecular formula is C8H11NO4. The van der Waals surface area contributed by atoms with Crippen LogP contribution in [-0.4, -0.2) is 28.2 Å². The molecule has 3 unspecified atom stereocenters. The zero-order valence-electron chi connectivity index (χ0n) is 6.93. The molecule has 2 aliphatic carbocycles. The van der Waals surface area contributed by atoms with Crippen LogP contribution in [0, 0.1) is 17.3 Å². The van der Waals surface area contributed by atoms with Crippen LogP contribution in [0.4, 0.5) is 0 Å². The second-order valence-electron chi connectivity index (χ2n) is 4.00. The van der Waals surface area contributed by atoms with Crippen molar-refractivity contribution in [3.63, 3.8) is 0 Å². The Hall–Kier alpha value is -1.10. The van der Waals surface area contributed by atoms with Crippen molar-refractivity contribution >= 4 is 11.9 Å². The lowest BCUT2D eigenvalue weighted by molar-refractivity contribution is -0.141. The van der Waals surface area contributed by atoms with Gasteiger partial charge in [0.1, 0.15) is 6.04 Å². The van der Waals surface area contributed by atoms with Crippen LogP contribution in [0.15, 0.2) is 0 Å². The van der Waals surface area contributed by atoms with Crippen molar-refractivity contribution in [3.05, 3.63) is 0 Å². The van der Waals surface area contributed by atoms with E-state index in [1.54, 1.807) is 0 Å². The Bertz CT molecular complexity index is 290. The summed E-state index contributed by atoms with van der Waals surface area (Å²) in [6.45, 7) is 0. The molecule has 2 fully saturated rings. The summed E-state index contributed by atoms with van der Waals surface area (Å²) in [4.78, 5) is 21.1. The van der Waals surface area contributed by atoms with E-state index in [1.165, 1.54) is 0 Å². The molecule has 0 aromatic carbocycles. The molecule has 5 heteroatoms. The molecule has 2 saturated carbocycles. The standard InChI is InChI=1S/C8H11NO4/c9-5(7(12)13)3-1-8(3)2-4(8)6(10)11/h3-5H,1-2,9H2,(H,10,11)(H,12,13)/t3?,4?,5?,8-/m1/s1. The van der Waals surface area contributed by atoms with Crippen molar-refractivity contribution in [2.75, 3.05) is 0 Å². The van der Waals surface area contributed by atoms with E-state index in [-0.39, 0.29) is 17.3 Å². The van der Waals surface area contributed by atoms with Crippen molar-refractivity contribution in [3.8, 4) is 0 Å². The van der Waals surface area contributed by atoms with Gasteiger partial charge in [0.15, 0.2) is 0 Å². The molecule has 0 aromatic rings. The first kappa shape index (κ1) is 8.50. The minimum Gasteiger partial charge on any atom is -0.481 e. The SMILES string of the molecule is NC(C(=O)O)C1C[C@@]12CC2C(=O)O. The minimum atomic E-state index is -1.03. The van der Waals surface area contributed by atoms with Crippen molar-refractivity contribution in [2.45, 2.75) is 18.9 Å². The maximum Gasteiger partial charge on any atom is 0.320 e. The maximum absolute atomic E-state index is 10.6. The van der Waals surface area contributed by atoms with Crippen LogP contribution in [0.5, 0.6) is 0 Å². The van der Waals surface area contributed by atoms with Crippen molar-refractivity contribution < 1.29 is 19.8 Å². The van der Waals surface area contributed by atoms with Crippen LogP contribution < -0.4 is 5.73 Å². The van der Waals surface area contributed by atoms with Gasteiger partial charge < -0.3 is 15.9 Å². The van der Waals surface area contributed by atoms with E-state index in [0.717, 1.165) is 0 Å². The molecule has 5 nitrogen and oxygen atoms in total. The molecule has 2 aliphatic rings. The molecule has 0 aromatic heterocycles. The summed E-state index contributed by atoms with van der Waals surface area (Å²) in [7, 11) is 0. The fraction of sp³-hybridized carbons (Fsp3) is 0.750. The predicted molar refractivity (Wildman–Crippen MR) is 41.9 cm³/mol. The van der Waals surface area contributed by atoms with Gasteiger partial charge in [-0.05, 0) is 24.2 Å². The summed E-state index contributed by atoms with van der Waals surface area (Å²) in [6, 6.07) is -0.885. The minimum absolute atomic E-state index is 0.119. The number of hydrogen-bond donors (Lipinski definition) is 3. The van der Waals surface area contributed by atoms with E-state index >= 15 is 0 Å². The number of hydrogen-bond acceptors (Lipinski definition) is 3. The fourth-order valence-electron chi connectivity index (χ4n) is 2.30. The van der Waals surface area contributed by atoms with Gasteiger partial charge in [-0.25, -0.2) is 0 Å². The Balaban J connectivity index is 1.97. The average molecular weight is 185 g/mol. The third kappa shape index (κ3) is 1.03. The molecule has 0 bridgehead atoms. The molecule has 0 heterocycles. The Labute approximate surface area is 74.5 Å². The Kier molecular flexibility index (Phi) is 1.46. The molecular weight excluding hydrogens is 174 g/mol. The highest BCUT2D eigenvalue weighted by molar-refractivity contribution is 5.79. The quantitative estimate of drug-likeness (QED) is 0.550. The number of carboxylic acid groups (broad SMARTS) is 2. The monoisotopic (exact) mass is 185 g/mol. The highest BCUT2D eigenvalue weighted by Gasteiger charge is 2.75. The Morgan fingerprint density at radius 1 is 1.38 bits per heavy atom. The van der Waals surface area contributed by atoms with Crippen LogP contribution in [0.1, 0.15) is 12.8 Å². The summed E-state index contributed by atoms with van der Waals surface area (Å²) < 4.78 is 0. The molecule has 4 N–H and O–H groups in total. The first-order valence-electron chi connectivity index (χ1n) is 4.20. The number of carboxylic acids is 2. The van der Waals surface area contributed by atoms with Crippen molar-refractivity contribution in [2.24, 2.45) is 23.0 Å². The number of carbonyl (C=O) groups is 2. The van der Waals surface area contributed by atoms with Gasteiger partial charge in [0.05, 0.1) is 5.92 Å². The topological polar surface area (TPSA) is 101 Å². The lowest BCUT2D eigenvalue weighted by Crippen LogP contribution is -2.33. The lowest BCUT2D eigenvalue weighted by atomic mass is 10.1. The molecule has 0 radical (unpaired) electrons. The molecule has 4 atom stereocenters. The van der Waals surface area contributed by atoms with Gasteiger partial charge in [0.2, 0.25) is 0 Å². The van der Waals surface area contributed by atoms with Gasteiger partial charge in [-0.1, -0.05) is 0 Å². The van der Waals surface area contributed by atoms with E-state index in [1.807, 2.05) is 0 Å². The maximum atomic E-state index is 10.6. The van der Waals surface area contributed by atoms with E-state index in [9.17, 15) is 9.59 Å². The highest BCUT2D eigenvalue weighted by Crippen LogP contribution is 2.75. The lowest BCUT2D eigenvalue weighted by Gasteiger charge is -2.03. The number of nitrogens with two attached hydrogens (primary N) is 1. The first-order chi connectivity index (χ1) is 5.99. The van der Waals surface area contributed by atoms with E-state index in [0.29, 0.717) is 12.8 Å². The zero-order chi connectivity index (χ0) is 9.80. The van der Waals surface area contributed by atoms with Crippen LogP contribution >= 0.6 is 0 Å². The number of aliphatic carboxylic acids is 2. The van der Waals surface area contributed by atoms with Crippen molar-refractivity contribution in [1.82, 2.24) is 0 Å². The average Bonchev–Trinajstić information content (AvgIpc) is 2.90. The van der Waals surface area contributed by atoms with Gasteiger partial charge in [0.25, 0.3) is 0 Å². The summed E-state index contributed by atoms with van der Waals surface area (Å²) in [5.74, 6) is -2.31. The predicted octanol–water partition coefficient (Wildman–Crippen LogP) is -0.491. The molecule has 2 rings (SSSR count). The molecule has 1 spiro atoms. The van der Waals surface area contributed by atoms with Crippen molar-refractivity contribution in [1.29, 1.82) is 0 Å². The number of rotatable bonds is 3. The summed E-state index contributed by atoms with van der Waals surface area (Å²) in [6.07, 6.45) is 1.27. The fourth-order valence-corrected chi connectivity index (χ4v) is 2.30. The van der Waals surface area contributed by atoms with Gasteiger partial charge in [-0.2, -0.15) is 0 Å². The molecule has 0 aliphatic heterocycles. The van der Waals surface area contributed by atoms with E-state index in [2.05, 4.69) is 0 Å². The second kappa shape index (κ2) is 2.23. The second-order valence-corrected chi connectivity index (χ2v) is 4.00. The molecule has 0 amide bonds. The Morgan fingerprint density at radius 2 is 2.00 bits per heavy atom. The van der Waals surface area contributed by atoms with Gasteiger partial charge >= 0.3 is 11.9 Å². The van der Waals surface area contributed by atoms with Crippen LogP contribution in [-0.2, 0) is 9.59 Å². The van der Waals surface area contributed by atoms with E-state index in [4.69, 9.17) is 15.9 Å². The van der Waals surface area contributed by atoms with Gasteiger partial charge in [-0.15, -0.1) is 0 Å². The third-order valence-electron chi connectivity index (χ3n) is 3.31. The summed E-state index contributed by atoms with van der Waals surface area (Å²) >= 11 is 0.